The highest BCUT2D eigenvalue weighted by molar-refractivity contribution is 5.44. The van der Waals surface area contributed by atoms with E-state index in [1.807, 2.05) is 0 Å². The zero-order valence-corrected chi connectivity index (χ0v) is 10.6. The van der Waals surface area contributed by atoms with Crippen molar-refractivity contribution < 1.29 is 14.2 Å². The maximum Gasteiger partial charge on any atom is 0.144 e. The predicted molar refractivity (Wildman–Crippen MR) is 72.4 cm³/mol. The van der Waals surface area contributed by atoms with Crippen LogP contribution >= 0.6 is 0 Å². The zero-order valence-electron chi connectivity index (χ0n) is 10.6. The molecular weight excluding hydrogens is 259 g/mol. The minimum atomic E-state index is -0.884. The number of rotatable bonds is 4. The van der Waals surface area contributed by atoms with Crippen molar-refractivity contribution in [2.75, 3.05) is 12.3 Å². The molecule has 20 heavy (non-hydrogen) atoms. The lowest BCUT2D eigenvalue weighted by Crippen LogP contribution is -2.10. The molecule has 0 fully saturated rings. The molecule has 0 aliphatic carbocycles. The van der Waals surface area contributed by atoms with Crippen molar-refractivity contribution in [3.63, 3.8) is 0 Å². The Morgan fingerprint density at radius 2 is 1.95 bits per heavy atom. The van der Waals surface area contributed by atoms with Gasteiger partial charge in [0, 0.05) is 5.69 Å². The van der Waals surface area contributed by atoms with E-state index in [1.165, 1.54) is 18.2 Å². The Bertz CT molecular complexity index is 635. The lowest BCUT2D eigenvalue weighted by molar-refractivity contribution is 0.108. The Morgan fingerprint density at radius 3 is 2.60 bits per heavy atom. The fourth-order valence-corrected chi connectivity index (χ4v) is 1.72. The number of halogens is 1. The molecule has 0 heterocycles. The highest BCUT2D eigenvalue weighted by atomic mass is 19.1. The van der Waals surface area contributed by atoms with Gasteiger partial charge >= 0.3 is 0 Å². The summed E-state index contributed by atoms with van der Waals surface area (Å²) in [6, 6.07) is 12.5. The third kappa shape index (κ3) is 3.05. The first-order chi connectivity index (χ1) is 9.61. The van der Waals surface area contributed by atoms with Gasteiger partial charge in [0.1, 0.15) is 35.9 Å². The third-order valence-electron chi connectivity index (χ3n) is 2.81. The summed E-state index contributed by atoms with van der Waals surface area (Å²) in [6.07, 6.45) is -0.884. The standard InChI is InChI=1S/C15H13FN2O2/c16-13-2-1-3-15(12(13)8-17)20-9-14(19)10-4-6-11(18)7-5-10/h1-7,14,19H,9,18H2. The normalized spacial score (nSPS) is 11.7. The number of hydrogen-bond acceptors (Lipinski definition) is 4. The van der Waals surface area contributed by atoms with Gasteiger partial charge < -0.3 is 15.6 Å². The SMILES string of the molecule is N#Cc1c(F)cccc1OCC(O)c1ccc(N)cc1. The highest BCUT2D eigenvalue weighted by Gasteiger charge is 2.12. The summed E-state index contributed by atoms with van der Waals surface area (Å²) in [5.41, 5.74) is 6.62. The predicted octanol–water partition coefficient (Wildman–Crippen LogP) is 2.39. The van der Waals surface area contributed by atoms with Gasteiger partial charge in [-0.25, -0.2) is 4.39 Å². The first kappa shape index (κ1) is 13.8. The number of benzene rings is 2. The number of anilines is 1. The van der Waals surface area contributed by atoms with E-state index in [2.05, 4.69) is 0 Å². The van der Waals surface area contributed by atoms with Gasteiger partial charge in [0.05, 0.1) is 0 Å². The Labute approximate surface area is 115 Å². The number of ether oxygens (including phenoxy) is 1. The number of nitrogens with zero attached hydrogens (tertiary/aromatic N) is 1. The molecule has 1 unspecified atom stereocenters. The molecule has 0 radical (unpaired) electrons. The van der Waals surface area contributed by atoms with Gasteiger partial charge in [-0.15, -0.1) is 0 Å². The van der Waals surface area contributed by atoms with Crippen LogP contribution in [0.25, 0.3) is 0 Å². The molecule has 0 amide bonds. The molecule has 2 aromatic rings. The van der Waals surface area contributed by atoms with Crippen molar-refractivity contribution >= 4 is 5.69 Å². The van der Waals surface area contributed by atoms with Crippen molar-refractivity contribution in [2.45, 2.75) is 6.10 Å². The molecule has 2 rings (SSSR count). The maximum absolute atomic E-state index is 13.4. The lowest BCUT2D eigenvalue weighted by Gasteiger charge is -2.13. The smallest absolute Gasteiger partial charge is 0.144 e. The summed E-state index contributed by atoms with van der Waals surface area (Å²) in [6.45, 7) is -0.0813. The quantitative estimate of drug-likeness (QED) is 0.837. The molecule has 0 aromatic heterocycles. The van der Waals surface area contributed by atoms with Crippen LogP contribution in [0.4, 0.5) is 10.1 Å². The number of aliphatic hydroxyl groups excluding tert-OH is 1. The second kappa shape index (κ2) is 6.04. The Morgan fingerprint density at radius 1 is 1.25 bits per heavy atom. The molecule has 0 saturated heterocycles. The van der Waals surface area contributed by atoms with Crippen LogP contribution in [0.5, 0.6) is 5.75 Å². The number of nitriles is 1. The molecule has 102 valence electrons. The number of nitrogens with two attached hydrogens (primary N) is 1. The lowest BCUT2D eigenvalue weighted by atomic mass is 10.1. The van der Waals surface area contributed by atoms with E-state index in [0.717, 1.165) is 0 Å². The first-order valence-corrected chi connectivity index (χ1v) is 5.96. The zero-order chi connectivity index (χ0) is 14.5. The van der Waals surface area contributed by atoms with Gasteiger partial charge in [-0.3, -0.25) is 0 Å². The van der Waals surface area contributed by atoms with E-state index >= 15 is 0 Å². The van der Waals surface area contributed by atoms with Gasteiger partial charge in [0.15, 0.2) is 0 Å². The number of aliphatic hydroxyl groups is 1. The van der Waals surface area contributed by atoms with Crippen molar-refractivity contribution in [1.29, 1.82) is 5.26 Å². The summed E-state index contributed by atoms with van der Waals surface area (Å²) >= 11 is 0. The first-order valence-electron chi connectivity index (χ1n) is 5.96. The van der Waals surface area contributed by atoms with Crippen molar-refractivity contribution in [2.24, 2.45) is 0 Å². The Hall–Kier alpha value is -2.58. The van der Waals surface area contributed by atoms with E-state index in [-0.39, 0.29) is 17.9 Å². The number of hydrogen-bond donors (Lipinski definition) is 2. The Balaban J connectivity index is 2.07. The van der Waals surface area contributed by atoms with Crippen LogP contribution in [0.2, 0.25) is 0 Å². The maximum atomic E-state index is 13.4. The van der Waals surface area contributed by atoms with E-state index in [9.17, 15) is 9.50 Å². The highest BCUT2D eigenvalue weighted by Crippen LogP contribution is 2.22. The fourth-order valence-electron chi connectivity index (χ4n) is 1.72. The molecule has 4 nitrogen and oxygen atoms in total. The van der Waals surface area contributed by atoms with Crippen LogP contribution in [0, 0.1) is 17.1 Å². The van der Waals surface area contributed by atoms with Crippen LogP contribution in [0.1, 0.15) is 17.2 Å². The van der Waals surface area contributed by atoms with E-state index in [0.29, 0.717) is 11.3 Å². The summed E-state index contributed by atoms with van der Waals surface area (Å²) in [4.78, 5) is 0. The van der Waals surface area contributed by atoms with Gasteiger partial charge in [-0.05, 0) is 29.8 Å². The minimum Gasteiger partial charge on any atom is -0.489 e. The summed E-state index contributed by atoms with van der Waals surface area (Å²) < 4.78 is 18.7. The summed E-state index contributed by atoms with van der Waals surface area (Å²) in [5.74, 6) is -0.533. The molecule has 1 atom stereocenters. The van der Waals surface area contributed by atoms with Crippen molar-refractivity contribution in [3.05, 3.63) is 59.4 Å². The molecule has 5 heteroatoms. The molecule has 0 aliphatic heterocycles. The van der Waals surface area contributed by atoms with E-state index in [1.54, 1.807) is 30.3 Å². The van der Waals surface area contributed by atoms with Gasteiger partial charge in [0.25, 0.3) is 0 Å². The van der Waals surface area contributed by atoms with Crippen LogP contribution in [0.15, 0.2) is 42.5 Å². The largest absolute Gasteiger partial charge is 0.489 e. The van der Waals surface area contributed by atoms with Crippen molar-refractivity contribution in [1.82, 2.24) is 0 Å². The average Bonchev–Trinajstić information content (AvgIpc) is 2.45. The molecular formula is C15H13FN2O2. The Kier molecular flexibility index (Phi) is 4.18. The monoisotopic (exact) mass is 272 g/mol. The van der Waals surface area contributed by atoms with Gasteiger partial charge in [0.2, 0.25) is 0 Å². The average molecular weight is 272 g/mol. The minimum absolute atomic E-state index is 0.0813. The van der Waals surface area contributed by atoms with Crippen LogP contribution in [-0.4, -0.2) is 11.7 Å². The molecule has 0 spiro atoms. The van der Waals surface area contributed by atoms with E-state index in [4.69, 9.17) is 15.7 Å². The number of nitrogen functional groups attached to an aromatic ring is 1. The second-order valence-electron chi connectivity index (χ2n) is 4.22. The summed E-state index contributed by atoms with van der Waals surface area (Å²) in [5, 5.41) is 18.8. The van der Waals surface area contributed by atoms with Crippen LogP contribution in [-0.2, 0) is 0 Å². The molecule has 2 aromatic carbocycles. The van der Waals surface area contributed by atoms with E-state index < -0.39 is 11.9 Å². The molecule has 0 aliphatic rings. The topological polar surface area (TPSA) is 79.3 Å². The van der Waals surface area contributed by atoms with Crippen LogP contribution < -0.4 is 10.5 Å². The van der Waals surface area contributed by atoms with Gasteiger partial charge in [-0.1, -0.05) is 18.2 Å². The second-order valence-corrected chi connectivity index (χ2v) is 4.22. The summed E-state index contributed by atoms with van der Waals surface area (Å²) in [7, 11) is 0. The molecule has 3 N–H and O–H groups in total. The van der Waals surface area contributed by atoms with Crippen LogP contribution in [0.3, 0.4) is 0 Å². The molecule has 0 bridgehead atoms. The molecule has 0 saturated carbocycles. The van der Waals surface area contributed by atoms with Gasteiger partial charge in [-0.2, -0.15) is 5.26 Å². The van der Waals surface area contributed by atoms with Crippen molar-refractivity contribution in [3.8, 4) is 11.8 Å². The fraction of sp³-hybridized carbons (Fsp3) is 0.133. The third-order valence-corrected chi connectivity index (χ3v) is 2.81.